The van der Waals surface area contributed by atoms with Gasteiger partial charge in [0.05, 0.1) is 0 Å². The highest BCUT2D eigenvalue weighted by atomic mass is 15.1. The smallest absolute Gasteiger partial charge is 0.0465 e. The number of nitrogens with zero attached hydrogens (tertiary/aromatic N) is 1. The normalized spacial score (nSPS) is 13.6. The minimum Gasteiger partial charge on any atom is -0.310 e. The first-order chi connectivity index (χ1) is 18.3. The topological polar surface area (TPSA) is 3.24 Å². The number of rotatable bonds is 5. The maximum absolute atomic E-state index is 2.41. The van der Waals surface area contributed by atoms with E-state index in [-0.39, 0.29) is 10.8 Å². The van der Waals surface area contributed by atoms with Crippen LogP contribution in [0.1, 0.15) is 55.5 Å². The fourth-order valence-electron chi connectivity index (χ4n) is 6.03. The molecule has 0 saturated heterocycles. The molecule has 0 fully saturated rings. The molecule has 0 amide bonds. The Morgan fingerprint density at radius 3 is 1.89 bits per heavy atom. The molecule has 5 aromatic carbocycles. The average molecular weight is 494 g/mol. The number of anilines is 3. The standard InChI is InChI=1S/C37H35N/c1-26-18-20-29(21-19-26)38(30-15-11-14-28(24-30)36(2,3)27-12-7-6-8-13-27)31-22-23-33-32-16-9-10-17-34(32)37(4,5)35(33)25-31/h6-25H,1-5H3. The van der Waals surface area contributed by atoms with Gasteiger partial charge in [0.1, 0.15) is 0 Å². The summed E-state index contributed by atoms with van der Waals surface area (Å²) in [5, 5.41) is 0. The lowest BCUT2D eigenvalue weighted by Gasteiger charge is -2.31. The van der Waals surface area contributed by atoms with Crippen LogP contribution in [0.3, 0.4) is 0 Å². The Morgan fingerprint density at radius 2 is 1.13 bits per heavy atom. The molecule has 0 spiro atoms. The van der Waals surface area contributed by atoms with Crippen LogP contribution in [0.2, 0.25) is 0 Å². The Kier molecular flexibility index (Phi) is 5.76. The van der Waals surface area contributed by atoms with Gasteiger partial charge in [-0.15, -0.1) is 0 Å². The van der Waals surface area contributed by atoms with Crippen LogP contribution in [0.5, 0.6) is 0 Å². The van der Waals surface area contributed by atoms with E-state index in [1.165, 1.54) is 56.0 Å². The van der Waals surface area contributed by atoms with Crippen LogP contribution in [0.25, 0.3) is 11.1 Å². The lowest BCUT2D eigenvalue weighted by atomic mass is 9.78. The quantitative estimate of drug-likeness (QED) is 0.235. The fourth-order valence-corrected chi connectivity index (χ4v) is 6.03. The molecule has 6 rings (SSSR count). The first-order valence-electron chi connectivity index (χ1n) is 13.5. The summed E-state index contributed by atoms with van der Waals surface area (Å²) in [6.07, 6.45) is 0. The number of fused-ring (bicyclic) bond motifs is 3. The molecule has 38 heavy (non-hydrogen) atoms. The number of aryl methyl sites for hydroxylation is 1. The van der Waals surface area contributed by atoms with Crippen LogP contribution in [-0.2, 0) is 10.8 Å². The Morgan fingerprint density at radius 1 is 0.526 bits per heavy atom. The van der Waals surface area contributed by atoms with Crippen LogP contribution in [0.15, 0.2) is 121 Å². The van der Waals surface area contributed by atoms with E-state index >= 15 is 0 Å². The van der Waals surface area contributed by atoms with Crippen molar-refractivity contribution in [1.29, 1.82) is 0 Å². The van der Waals surface area contributed by atoms with E-state index in [0.29, 0.717) is 0 Å². The molecule has 0 unspecified atom stereocenters. The van der Waals surface area contributed by atoms with Gasteiger partial charge in [0.15, 0.2) is 0 Å². The molecule has 1 aliphatic carbocycles. The van der Waals surface area contributed by atoms with Crippen molar-refractivity contribution in [3.8, 4) is 11.1 Å². The van der Waals surface area contributed by atoms with Crippen molar-refractivity contribution in [1.82, 2.24) is 0 Å². The van der Waals surface area contributed by atoms with Gasteiger partial charge in [-0.3, -0.25) is 0 Å². The van der Waals surface area contributed by atoms with Crippen molar-refractivity contribution in [3.63, 3.8) is 0 Å². The van der Waals surface area contributed by atoms with Gasteiger partial charge in [-0.2, -0.15) is 0 Å². The summed E-state index contributed by atoms with van der Waals surface area (Å²) >= 11 is 0. The first kappa shape index (κ1) is 24.2. The summed E-state index contributed by atoms with van der Waals surface area (Å²) in [5.41, 5.74) is 12.7. The van der Waals surface area contributed by atoms with Crippen LogP contribution < -0.4 is 4.90 Å². The van der Waals surface area contributed by atoms with Gasteiger partial charge in [0.25, 0.3) is 0 Å². The van der Waals surface area contributed by atoms with Crippen LogP contribution in [-0.4, -0.2) is 0 Å². The van der Waals surface area contributed by atoms with Crippen LogP contribution in [0, 0.1) is 6.92 Å². The molecular weight excluding hydrogens is 458 g/mol. The number of benzene rings is 5. The van der Waals surface area contributed by atoms with E-state index in [4.69, 9.17) is 0 Å². The molecule has 1 heteroatoms. The maximum atomic E-state index is 2.41. The number of hydrogen-bond acceptors (Lipinski definition) is 1. The van der Waals surface area contributed by atoms with Gasteiger partial charge in [0, 0.05) is 27.9 Å². The summed E-state index contributed by atoms with van der Waals surface area (Å²) in [6.45, 7) is 11.5. The van der Waals surface area contributed by atoms with Gasteiger partial charge in [-0.25, -0.2) is 0 Å². The molecule has 0 aliphatic heterocycles. The lowest BCUT2D eigenvalue weighted by molar-refractivity contribution is 0.641. The molecule has 0 atom stereocenters. The minimum atomic E-state index is -0.113. The van der Waals surface area contributed by atoms with Crippen molar-refractivity contribution < 1.29 is 0 Å². The van der Waals surface area contributed by atoms with E-state index in [1.807, 2.05) is 0 Å². The predicted octanol–water partition coefficient (Wildman–Crippen LogP) is 10.1. The van der Waals surface area contributed by atoms with Gasteiger partial charge < -0.3 is 4.90 Å². The second kappa shape index (κ2) is 9.03. The molecule has 0 heterocycles. The third kappa shape index (κ3) is 3.94. The maximum Gasteiger partial charge on any atom is 0.0465 e. The van der Waals surface area contributed by atoms with Gasteiger partial charge >= 0.3 is 0 Å². The summed E-state index contributed by atoms with van der Waals surface area (Å²) in [5.74, 6) is 0. The highest BCUT2D eigenvalue weighted by Gasteiger charge is 2.35. The van der Waals surface area contributed by atoms with E-state index in [0.717, 1.165) is 0 Å². The van der Waals surface area contributed by atoms with E-state index in [9.17, 15) is 0 Å². The van der Waals surface area contributed by atoms with Crippen LogP contribution >= 0.6 is 0 Å². The molecule has 5 aromatic rings. The molecule has 0 radical (unpaired) electrons. The summed E-state index contributed by atoms with van der Waals surface area (Å²) in [4.78, 5) is 2.41. The van der Waals surface area contributed by atoms with Crippen molar-refractivity contribution >= 4 is 17.1 Å². The molecule has 0 bridgehead atoms. The Labute approximate surface area is 227 Å². The van der Waals surface area contributed by atoms with Crippen molar-refractivity contribution in [3.05, 3.63) is 149 Å². The average Bonchev–Trinajstić information content (AvgIpc) is 3.17. The van der Waals surface area contributed by atoms with E-state index in [2.05, 4.69) is 161 Å². The number of hydrogen-bond donors (Lipinski definition) is 0. The molecule has 0 aromatic heterocycles. The molecular formula is C37H35N. The Bertz CT molecular complexity index is 1610. The highest BCUT2D eigenvalue weighted by molar-refractivity contribution is 5.85. The molecule has 1 nitrogen and oxygen atoms in total. The lowest BCUT2D eigenvalue weighted by Crippen LogP contribution is -2.20. The van der Waals surface area contributed by atoms with Gasteiger partial charge in [-0.1, -0.05) is 118 Å². The highest BCUT2D eigenvalue weighted by Crippen LogP contribution is 2.50. The first-order valence-corrected chi connectivity index (χ1v) is 13.5. The zero-order valence-corrected chi connectivity index (χ0v) is 23.0. The van der Waals surface area contributed by atoms with Gasteiger partial charge in [-0.05, 0) is 76.7 Å². The van der Waals surface area contributed by atoms with E-state index < -0.39 is 0 Å². The Balaban J connectivity index is 1.51. The molecule has 1 aliphatic rings. The summed E-state index contributed by atoms with van der Waals surface area (Å²) in [6, 6.07) is 44.6. The third-order valence-electron chi connectivity index (χ3n) is 8.44. The molecule has 0 saturated carbocycles. The second-order valence-corrected chi connectivity index (χ2v) is 11.6. The minimum absolute atomic E-state index is 0.0436. The molecule has 188 valence electrons. The Hall–Kier alpha value is -4.10. The van der Waals surface area contributed by atoms with Crippen molar-refractivity contribution in [2.75, 3.05) is 4.90 Å². The third-order valence-corrected chi connectivity index (χ3v) is 8.44. The van der Waals surface area contributed by atoms with Gasteiger partial charge in [0.2, 0.25) is 0 Å². The van der Waals surface area contributed by atoms with Crippen molar-refractivity contribution in [2.45, 2.75) is 45.4 Å². The van der Waals surface area contributed by atoms with E-state index in [1.54, 1.807) is 0 Å². The zero-order chi connectivity index (χ0) is 26.5. The zero-order valence-electron chi connectivity index (χ0n) is 23.0. The largest absolute Gasteiger partial charge is 0.310 e. The fraction of sp³-hybridized carbons (Fsp3) is 0.189. The molecule has 0 N–H and O–H groups in total. The van der Waals surface area contributed by atoms with Crippen molar-refractivity contribution in [2.24, 2.45) is 0 Å². The summed E-state index contributed by atoms with van der Waals surface area (Å²) < 4.78 is 0. The summed E-state index contributed by atoms with van der Waals surface area (Å²) in [7, 11) is 0. The predicted molar refractivity (Wildman–Crippen MR) is 162 cm³/mol. The SMILES string of the molecule is Cc1ccc(N(c2cccc(C(C)(C)c3ccccc3)c2)c2ccc3c(c2)C(C)(C)c2ccccc2-3)cc1. The van der Waals surface area contributed by atoms with Crippen LogP contribution in [0.4, 0.5) is 17.1 Å². The second-order valence-electron chi connectivity index (χ2n) is 11.6. The monoisotopic (exact) mass is 493 g/mol.